The standard InChI is InChI=1S/C14H16N2O3/c1-9-15-12-10(13(18)19)4-2-5-11(12)16(9)14(8-17)6-3-7-14/h2,4-5,17H,3,6-8H2,1H3,(H,18,19). The third-order valence-corrected chi connectivity index (χ3v) is 4.14. The zero-order chi connectivity index (χ0) is 13.6. The zero-order valence-corrected chi connectivity index (χ0v) is 10.8. The second-order valence-electron chi connectivity index (χ2n) is 5.21. The summed E-state index contributed by atoms with van der Waals surface area (Å²) >= 11 is 0. The van der Waals surface area contributed by atoms with Gasteiger partial charge in [0.25, 0.3) is 0 Å². The van der Waals surface area contributed by atoms with E-state index < -0.39 is 5.97 Å². The van der Waals surface area contributed by atoms with Crippen LogP contribution in [0.4, 0.5) is 0 Å². The number of aliphatic hydroxyl groups is 1. The molecule has 0 saturated heterocycles. The number of carboxylic acids is 1. The Hall–Kier alpha value is -1.88. The Kier molecular flexibility index (Phi) is 2.60. The fraction of sp³-hybridized carbons (Fsp3) is 0.429. The number of hydrogen-bond acceptors (Lipinski definition) is 3. The lowest BCUT2D eigenvalue weighted by Crippen LogP contribution is -2.44. The van der Waals surface area contributed by atoms with Crippen LogP contribution in [0.3, 0.4) is 0 Å². The number of nitrogens with zero attached hydrogens (tertiary/aromatic N) is 2. The van der Waals surface area contributed by atoms with Gasteiger partial charge in [-0.1, -0.05) is 6.07 Å². The molecule has 1 aromatic heterocycles. The Morgan fingerprint density at radius 1 is 1.47 bits per heavy atom. The van der Waals surface area contributed by atoms with Gasteiger partial charge in [0.05, 0.1) is 23.2 Å². The number of rotatable bonds is 3. The molecule has 19 heavy (non-hydrogen) atoms. The first-order valence-electron chi connectivity index (χ1n) is 6.42. The number of aromatic nitrogens is 2. The molecule has 2 aromatic rings. The first-order valence-corrected chi connectivity index (χ1v) is 6.42. The molecule has 1 aliphatic rings. The molecule has 1 heterocycles. The van der Waals surface area contributed by atoms with Crippen molar-refractivity contribution in [1.82, 2.24) is 9.55 Å². The minimum atomic E-state index is -0.970. The lowest BCUT2D eigenvalue weighted by Gasteiger charge is -2.42. The molecule has 2 N–H and O–H groups in total. The van der Waals surface area contributed by atoms with E-state index in [-0.39, 0.29) is 17.7 Å². The molecule has 5 heteroatoms. The number of hydrogen-bond donors (Lipinski definition) is 2. The van der Waals surface area contributed by atoms with Gasteiger partial charge in [-0.25, -0.2) is 9.78 Å². The van der Waals surface area contributed by atoms with Gasteiger partial charge in [-0.15, -0.1) is 0 Å². The van der Waals surface area contributed by atoms with Gasteiger partial charge in [0, 0.05) is 0 Å². The number of aromatic carboxylic acids is 1. The van der Waals surface area contributed by atoms with E-state index in [0.29, 0.717) is 5.52 Å². The van der Waals surface area contributed by atoms with Crippen LogP contribution in [0, 0.1) is 6.92 Å². The number of carboxylic acid groups (broad SMARTS) is 1. The van der Waals surface area contributed by atoms with Gasteiger partial charge in [-0.2, -0.15) is 0 Å². The Bertz CT molecular complexity index is 650. The summed E-state index contributed by atoms with van der Waals surface area (Å²) < 4.78 is 2.01. The number of aryl methyl sites for hydroxylation is 1. The molecular weight excluding hydrogens is 244 g/mol. The van der Waals surface area contributed by atoms with Crippen molar-refractivity contribution in [3.05, 3.63) is 29.6 Å². The highest BCUT2D eigenvalue weighted by atomic mass is 16.4. The van der Waals surface area contributed by atoms with Crippen LogP contribution < -0.4 is 0 Å². The summed E-state index contributed by atoms with van der Waals surface area (Å²) in [4.78, 5) is 15.6. The summed E-state index contributed by atoms with van der Waals surface area (Å²) in [6.07, 6.45) is 2.90. The van der Waals surface area contributed by atoms with E-state index >= 15 is 0 Å². The third kappa shape index (κ3) is 1.58. The van der Waals surface area contributed by atoms with Crippen molar-refractivity contribution >= 4 is 17.0 Å². The molecule has 5 nitrogen and oxygen atoms in total. The van der Waals surface area contributed by atoms with Gasteiger partial charge >= 0.3 is 5.97 Å². The normalized spacial score (nSPS) is 17.4. The van der Waals surface area contributed by atoms with Gasteiger partial charge in [-0.05, 0) is 38.3 Å². The SMILES string of the molecule is Cc1nc2c(C(=O)O)cccc2n1C1(CO)CCC1. The highest BCUT2D eigenvalue weighted by Crippen LogP contribution is 2.41. The maximum Gasteiger partial charge on any atom is 0.337 e. The average Bonchev–Trinajstić information content (AvgIpc) is 2.66. The van der Waals surface area contributed by atoms with Crippen LogP contribution in [0.15, 0.2) is 18.2 Å². The summed E-state index contributed by atoms with van der Waals surface area (Å²) in [5, 5.41) is 18.9. The number of aliphatic hydroxyl groups excluding tert-OH is 1. The Morgan fingerprint density at radius 2 is 2.21 bits per heavy atom. The van der Waals surface area contributed by atoms with Crippen molar-refractivity contribution < 1.29 is 15.0 Å². The molecule has 1 fully saturated rings. The van der Waals surface area contributed by atoms with Crippen LogP contribution in [0.2, 0.25) is 0 Å². The average molecular weight is 260 g/mol. The summed E-state index contributed by atoms with van der Waals surface area (Å²) in [5.41, 5.74) is 1.22. The minimum Gasteiger partial charge on any atom is -0.478 e. The second kappa shape index (κ2) is 4.06. The van der Waals surface area contributed by atoms with Crippen LogP contribution in [0.25, 0.3) is 11.0 Å². The lowest BCUT2D eigenvalue weighted by atomic mass is 9.77. The number of imidazole rings is 1. The van der Waals surface area contributed by atoms with Crippen LogP contribution >= 0.6 is 0 Å². The first-order chi connectivity index (χ1) is 9.09. The molecule has 0 aliphatic heterocycles. The Labute approximate surface area is 110 Å². The van der Waals surface area contributed by atoms with Crippen molar-refractivity contribution in [3.8, 4) is 0 Å². The zero-order valence-electron chi connectivity index (χ0n) is 10.8. The van der Waals surface area contributed by atoms with Crippen molar-refractivity contribution in [1.29, 1.82) is 0 Å². The van der Waals surface area contributed by atoms with Crippen LogP contribution in [0.5, 0.6) is 0 Å². The van der Waals surface area contributed by atoms with E-state index in [1.165, 1.54) is 0 Å². The number of fused-ring (bicyclic) bond motifs is 1. The maximum absolute atomic E-state index is 11.2. The van der Waals surface area contributed by atoms with Crippen molar-refractivity contribution in [3.63, 3.8) is 0 Å². The number of para-hydroxylation sites is 1. The van der Waals surface area contributed by atoms with E-state index in [2.05, 4.69) is 4.98 Å². The van der Waals surface area contributed by atoms with Crippen LogP contribution in [0.1, 0.15) is 35.4 Å². The predicted octanol–water partition coefficient (Wildman–Crippen LogP) is 1.91. The minimum absolute atomic E-state index is 0.0661. The molecule has 0 bridgehead atoms. The summed E-state index contributed by atoms with van der Waals surface area (Å²) in [5.74, 6) is -0.209. The van der Waals surface area contributed by atoms with Gasteiger partial charge in [0.15, 0.2) is 0 Å². The monoisotopic (exact) mass is 260 g/mol. The van der Waals surface area contributed by atoms with E-state index in [9.17, 15) is 15.0 Å². The fourth-order valence-corrected chi connectivity index (χ4v) is 3.02. The number of benzene rings is 1. The summed E-state index contributed by atoms with van der Waals surface area (Å²) in [7, 11) is 0. The molecule has 0 unspecified atom stereocenters. The molecule has 1 saturated carbocycles. The van der Waals surface area contributed by atoms with Gasteiger partial charge in [-0.3, -0.25) is 0 Å². The molecular formula is C14H16N2O3. The second-order valence-corrected chi connectivity index (χ2v) is 5.21. The van der Waals surface area contributed by atoms with Crippen LogP contribution in [-0.4, -0.2) is 32.3 Å². The van der Waals surface area contributed by atoms with E-state index in [1.807, 2.05) is 17.6 Å². The molecule has 100 valence electrons. The largest absolute Gasteiger partial charge is 0.478 e. The first kappa shape index (κ1) is 12.2. The molecule has 3 rings (SSSR count). The quantitative estimate of drug-likeness (QED) is 0.884. The molecule has 0 amide bonds. The highest BCUT2D eigenvalue weighted by Gasteiger charge is 2.40. The summed E-state index contributed by atoms with van der Waals surface area (Å²) in [6, 6.07) is 5.17. The molecule has 1 aliphatic carbocycles. The molecule has 0 atom stereocenters. The van der Waals surface area contributed by atoms with Crippen molar-refractivity contribution in [2.24, 2.45) is 0 Å². The van der Waals surface area contributed by atoms with Crippen molar-refractivity contribution in [2.75, 3.05) is 6.61 Å². The lowest BCUT2D eigenvalue weighted by molar-refractivity contribution is 0.0571. The van der Waals surface area contributed by atoms with Gasteiger partial charge < -0.3 is 14.8 Å². The molecule has 1 aromatic carbocycles. The number of carbonyl (C=O) groups is 1. The van der Waals surface area contributed by atoms with E-state index in [1.54, 1.807) is 12.1 Å². The fourth-order valence-electron chi connectivity index (χ4n) is 3.02. The van der Waals surface area contributed by atoms with Gasteiger partial charge in [0.2, 0.25) is 0 Å². The Balaban J connectivity index is 2.29. The predicted molar refractivity (Wildman–Crippen MR) is 70.3 cm³/mol. The van der Waals surface area contributed by atoms with Crippen molar-refractivity contribution in [2.45, 2.75) is 31.7 Å². The van der Waals surface area contributed by atoms with E-state index in [0.717, 1.165) is 30.6 Å². The maximum atomic E-state index is 11.2. The highest BCUT2D eigenvalue weighted by molar-refractivity contribution is 6.01. The van der Waals surface area contributed by atoms with Crippen LogP contribution in [-0.2, 0) is 5.54 Å². The molecule has 0 spiro atoms. The topological polar surface area (TPSA) is 75.3 Å². The summed E-state index contributed by atoms with van der Waals surface area (Å²) in [6.45, 7) is 1.93. The van der Waals surface area contributed by atoms with E-state index in [4.69, 9.17) is 0 Å². The smallest absolute Gasteiger partial charge is 0.337 e. The molecule has 0 radical (unpaired) electrons. The van der Waals surface area contributed by atoms with Gasteiger partial charge in [0.1, 0.15) is 11.3 Å². The Morgan fingerprint density at radius 3 is 2.74 bits per heavy atom. The third-order valence-electron chi connectivity index (χ3n) is 4.14.